The van der Waals surface area contributed by atoms with Crippen LogP contribution in [0.25, 0.3) is 0 Å². The number of ether oxygens (including phenoxy) is 2. The molecule has 1 N–H and O–H groups in total. The Morgan fingerprint density at radius 2 is 1.81 bits per heavy atom. The summed E-state index contributed by atoms with van der Waals surface area (Å²) in [6.07, 6.45) is 0. The molecule has 0 aliphatic rings. The third-order valence-electron chi connectivity index (χ3n) is 5.65. The van der Waals surface area contributed by atoms with E-state index in [9.17, 15) is 9.59 Å². The van der Waals surface area contributed by atoms with Gasteiger partial charge in [-0.2, -0.15) is 0 Å². The molecule has 1 amide bonds. The van der Waals surface area contributed by atoms with Gasteiger partial charge >= 0.3 is 5.97 Å². The van der Waals surface area contributed by atoms with Crippen molar-refractivity contribution < 1.29 is 19.1 Å². The van der Waals surface area contributed by atoms with Crippen molar-refractivity contribution in [3.8, 4) is 5.75 Å². The molecule has 0 unspecified atom stereocenters. The van der Waals surface area contributed by atoms with Gasteiger partial charge in [-0.1, -0.05) is 44.7 Å². The molecule has 3 rings (SSSR count). The van der Waals surface area contributed by atoms with E-state index >= 15 is 0 Å². The molecule has 0 radical (unpaired) electrons. The average Bonchev–Trinajstić information content (AvgIpc) is 3.35. The molecule has 0 saturated heterocycles. The van der Waals surface area contributed by atoms with Crippen molar-refractivity contribution in [2.24, 2.45) is 0 Å². The Labute approximate surface area is 220 Å². The lowest BCUT2D eigenvalue weighted by Crippen LogP contribution is -2.17. The Kier molecular flexibility index (Phi) is 9.19. The quantitative estimate of drug-likeness (QED) is 0.263. The summed E-state index contributed by atoms with van der Waals surface area (Å²) < 4.78 is 13.0. The number of aromatic nitrogens is 3. The SMILES string of the molecule is CCOC(=O)c1c(NC(=O)CSc2nnc(COc3ccc(C(C)(C)C)cc3)n2CC)sc(C)c1C. The molecule has 0 atom stereocenters. The highest BCUT2D eigenvalue weighted by molar-refractivity contribution is 7.99. The third-order valence-corrected chi connectivity index (χ3v) is 7.74. The molecule has 0 spiro atoms. The Bertz CT molecular complexity index is 1210. The van der Waals surface area contributed by atoms with Crippen molar-refractivity contribution >= 4 is 40.0 Å². The zero-order valence-corrected chi connectivity index (χ0v) is 23.6. The van der Waals surface area contributed by atoms with E-state index in [0.29, 0.717) is 28.1 Å². The largest absolute Gasteiger partial charge is 0.486 e. The van der Waals surface area contributed by atoms with Crippen LogP contribution in [0.5, 0.6) is 5.75 Å². The lowest BCUT2D eigenvalue weighted by atomic mass is 9.87. The summed E-state index contributed by atoms with van der Waals surface area (Å²) in [5.74, 6) is 0.932. The standard InChI is InChI=1S/C26H34N4O4S2/c1-8-30-20(14-34-19-12-10-18(11-13-19)26(5,6)7)28-29-25(30)35-15-21(31)27-23-22(24(32)33-9-2)16(3)17(4)36-23/h10-13H,8-9,14-15H2,1-7H3,(H,27,31). The van der Waals surface area contributed by atoms with E-state index in [1.165, 1.54) is 28.7 Å². The lowest BCUT2D eigenvalue weighted by Gasteiger charge is -2.19. The van der Waals surface area contributed by atoms with E-state index in [1.54, 1.807) is 6.92 Å². The zero-order chi connectivity index (χ0) is 26.5. The molecule has 3 aromatic rings. The number of carbonyl (C=O) groups is 2. The van der Waals surface area contributed by atoms with Gasteiger partial charge in [-0.25, -0.2) is 4.79 Å². The van der Waals surface area contributed by atoms with Crippen molar-refractivity contribution in [1.82, 2.24) is 14.8 Å². The van der Waals surface area contributed by atoms with E-state index in [2.05, 4.69) is 48.4 Å². The summed E-state index contributed by atoms with van der Waals surface area (Å²) in [5, 5.41) is 12.5. The number of thiophene rings is 1. The van der Waals surface area contributed by atoms with Crippen LogP contribution in [0.3, 0.4) is 0 Å². The Morgan fingerprint density at radius 1 is 1.11 bits per heavy atom. The number of hydrogen-bond donors (Lipinski definition) is 1. The van der Waals surface area contributed by atoms with Crippen LogP contribution in [-0.4, -0.2) is 39.0 Å². The smallest absolute Gasteiger partial charge is 0.341 e. The third kappa shape index (κ3) is 6.67. The van der Waals surface area contributed by atoms with Crippen LogP contribution >= 0.6 is 23.1 Å². The van der Waals surface area contributed by atoms with E-state index in [-0.39, 0.29) is 30.3 Å². The van der Waals surface area contributed by atoms with Gasteiger partial charge in [0, 0.05) is 11.4 Å². The Balaban J connectivity index is 1.61. The van der Waals surface area contributed by atoms with Gasteiger partial charge in [0.25, 0.3) is 0 Å². The van der Waals surface area contributed by atoms with Crippen LogP contribution in [0, 0.1) is 13.8 Å². The van der Waals surface area contributed by atoms with Gasteiger partial charge in [0.2, 0.25) is 5.91 Å². The van der Waals surface area contributed by atoms with Gasteiger partial charge in [0.15, 0.2) is 11.0 Å². The highest BCUT2D eigenvalue weighted by Gasteiger charge is 2.22. The molecule has 0 saturated carbocycles. The molecule has 8 nitrogen and oxygen atoms in total. The lowest BCUT2D eigenvalue weighted by molar-refractivity contribution is -0.113. The van der Waals surface area contributed by atoms with Crippen LogP contribution in [0.15, 0.2) is 29.4 Å². The number of esters is 1. The number of hydrogen-bond acceptors (Lipinski definition) is 8. The number of rotatable bonds is 10. The van der Waals surface area contributed by atoms with Gasteiger partial charge in [0.1, 0.15) is 17.4 Å². The monoisotopic (exact) mass is 530 g/mol. The first-order valence-corrected chi connectivity index (χ1v) is 13.7. The first kappa shape index (κ1) is 27.7. The summed E-state index contributed by atoms with van der Waals surface area (Å²) in [6, 6.07) is 8.07. The number of carbonyl (C=O) groups excluding carboxylic acids is 2. The number of amides is 1. The minimum Gasteiger partial charge on any atom is -0.486 e. The van der Waals surface area contributed by atoms with E-state index in [4.69, 9.17) is 9.47 Å². The summed E-state index contributed by atoms with van der Waals surface area (Å²) in [6.45, 7) is 15.3. The molecule has 0 aliphatic heterocycles. The Morgan fingerprint density at radius 3 is 2.42 bits per heavy atom. The summed E-state index contributed by atoms with van der Waals surface area (Å²) in [7, 11) is 0. The fourth-order valence-corrected chi connectivity index (χ4v) is 5.39. The highest BCUT2D eigenvalue weighted by atomic mass is 32.2. The molecule has 0 bridgehead atoms. The minimum atomic E-state index is -0.425. The topological polar surface area (TPSA) is 95.3 Å². The molecule has 0 aliphatic carbocycles. The van der Waals surface area contributed by atoms with E-state index in [0.717, 1.165) is 16.2 Å². The number of nitrogens with one attached hydrogen (secondary N) is 1. The van der Waals surface area contributed by atoms with Crippen molar-refractivity contribution in [2.45, 2.75) is 72.2 Å². The normalized spacial score (nSPS) is 11.4. The maximum atomic E-state index is 12.7. The van der Waals surface area contributed by atoms with Gasteiger partial charge in [0.05, 0.1) is 17.9 Å². The van der Waals surface area contributed by atoms with Crippen LogP contribution in [0.1, 0.15) is 66.8 Å². The van der Waals surface area contributed by atoms with Crippen molar-refractivity contribution in [3.63, 3.8) is 0 Å². The van der Waals surface area contributed by atoms with Crippen LogP contribution in [0.4, 0.5) is 5.00 Å². The first-order valence-electron chi connectivity index (χ1n) is 11.9. The van der Waals surface area contributed by atoms with Crippen molar-refractivity contribution in [3.05, 3.63) is 51.7 Å². The molecule has 2 heterocycles. The maximum absolute atomic E-state index is 12.7. The molecule has 0 fully saturated rings. The molecule has 10 heteroatoms. The second kappa shape index (κ2) is 11.9. The van der Waals surface area contributed by atoms with Gasteiger partial charge in [-0.15, -0.1) is 21.5 Å². The molecule has 1 aromatic carbocycles. The molecular formula is C26H34N4O4S2. The number of thioether (sulfide) groups is 1. The van der Waals surface area contributed by atoms with E-state index in [1.807, 2.05) is 37.5 Å². The number of nitrogens with zero attached hydrogens (tertiary/aromatic N) is 3. The molecular weight excluding hydrogens is 496 g/mol. The predicted octanol–water partition coefficient (Wildman–Crippen LogP) is 5.76. The highest BCUT2D eigenvalue weighted by Crippen LogP contribution is 2.33. The first-order chi connectivity index (χ1) is 17.0. The molecule has 194 valence electrons. The second-order valence-corrected chi connectivity index (χ2v) is 11.4. The average molecular weight is 531 g/mol. The summed E-state index contributed by atoms with van der Waals surface area (Å²) >= 11 is 2.66. The zero-order valence-electron chi connectivity index (χ0n) is 21.9. The maximum Gasteiger partial charge on any atom is 0.341 e. The number of benzene rings is 1. The van der Waals surface area contributed by atoms with Crippen LogP contribution in [0.2, 0.25) is 0 Å². The summed E-state index contributed by atoms with van der Waals surface area (Å²) in [4.78, 5) is 26.0. The van der Waals surface area contributed by atoms with Crippen molar-refractivity contribution in [2.75, 3.05) is 17.7 Å². The molecule has 2 aromatic heterocycles. The molecule has 36 heavy (non-hydrogen) atoms. The minimum absolute atomic E-state index is 0.0842. The van der Waals surface area contributed by atoms with Gasteiger partial charge in [-0.05, 0) is 56.4 Å². The van der Waals surface area contributed by atoms with Crippen LogP contribution < -0.4 is 10.1 Å². The van der Waals surface area contributed by atoms with Gasteiger partial charge < -0.3 is 19.4 Å². The number of aryl methyl sites for hydroxylation is 1. The van der Waals surface area contributed by atoms with E-state index < -0.39 is 5.97 Å². The fourth-order valence-electron chi connectivity index (χ4n) is 3.51. The predicted molar refractivity (Wildman–Crippen MR) is 144 cm³/mol. The fraction of sp³-hybridized carbons (Fsp3) is 0.462. The second-order valence-electron chi connectivity index (χ2n) is 9.25. The van der Waals surface area contributed by atoms with Gasteiger partial charge in [-0.3, -0.25) is 4.79 Å². The van der Waals surface area contributed by atoms with Crippen molar-refractivity contribution in [1.29, 1.82) is 0 Å². The Hall–Kier alpha value is -2.85. The number of anilines is 1. The van der Waals surface area contributed by atoms with Crippen LogP contribution in [-0.2, 0) is 28.1 Å². The summed E-state index contributed by atoms with van der Waals surface area (Å²) in [5.41, 5.74) is 2.57.